The van der Waals surface area contributed by atoms with Gasteiger partial charge in [-0.1, -0.05) is 18.2 Å². The third-order valence-corrected chi connectivity index (χ3v) is 3.77. The van der Waals surface area contributed by atoms with E-state index in [9.17, 15) is 4.79 Å². The van der Waals surface area contributed by atoms with Crippen LogP contribution in [0, 0.1) is 13.8 Å². The minimum atomic E-state index is -0.556. The van der Waals surface area contributed by atoms with Crippen molar-refractivity contribution >= 4 is 5.91 Å². The smallest absolute Gasteiger partial charge is 0.261 e. The summed E-state index contributed by atoms with van der Waals surface area (Å²) in [5.74, 6) is 0.606. The first-order chi connectivity index (χ1) is 10.5. The number of nitrogens with one attached hydrogen (secondary N) is 1. The lowest BCUT2D eigenvalue weighted by molar-refractivity contribution is -0.127. The molecule has 22 heavy (non-hydrogen) atoms. The molecule has 0 radical (unpaired) electrons. The Bertz CT molecular complexity index is 641. The fraction of sp³-hybridized carbons (Fsp3) is 0.333. The molecule has 2 atom stereocenters. The van der Waals surface area contributed by atoms with Crippen molar-refractivity contribution in [3.63, 3.8) is 0 Å². The van der Waals surface area contributed by atoms with E-state index in [4.69, 9.17) is 4.74 Å². The van der Waals surface area contributed by atoms with Crippen molar-refractivity contribution in [2.24, 2.45) is 0 Å². The number of hydrogen-bond donors (Lipinski definition) is 1. The van der Waals surface area contributed by atoms with Crippen LogP contribution in [-0.2, 0) is 4.79 Å². The molecule has 0 unspecified atom stereocenters. The Morgan fingerprint density at radius 1 is 1.18 bits per heavy atom. The van der Waals surface area contributed by atoms with Crippen molar-refractivity contribution in [1.82, 2.24) is 10.3 Å². The molecular weight excluding hydrogens is 276 g/mol. The predicted octanol–water partition coefficient (Wildman–Crippen LogP) is 3.34. The van der Waals surface area contributed by atoms with Crippen LogP contribution in [0.15, 0.2) is 42.7 Å². The van der Waals surface area contributed by atoms with Crippen LogP contribution in [0.4, 0.5) is 0 Å². The maximum Gasteiger partial charge on any atom is 0.261 e. The molecule has 0 aliphatic carbocycles. The van der Waals surface area contributed by atoms with Gasteiger partial charge in [-0.15, -0.1) is 0 Å². The van der Waals surface area contributed by atoms with E-state index in [2.05, 4.69) is 10.3 Å². The third kappa shape index (κ3) is 3.85. The third-order valence-electron chi connectivity index (χ3n) is 3.77. The van der Waals surface area contributed by atoms with Crippen molar-refractivity contribution in [2.75, 3.05) is 0 Å². The molecule has 0 fully saturated rings. The highest BCUT2D eigenvalue weighted by molar-refractivity contribution is 5.81. The van der Waals surface area contributed by atoms with Crippen molar-refractivity contribution in [1.29, 1.82) is 0 Å². The minimum absolute atomic E-state index is 0.106. The molecule has 4 heteroatoms. The van der Waals surface area contributed by atoms with E-state index in [1.165, 1.54) is 0 Å². The summed E-state index contributed by atoms with van der Waals surface area (Å²) >= 11 is 0. The Labute approximate surface area is 131 Å². The molecule has 0 spiro atoms. The van der Waals surface area contributed by atoms with Crippen molar-refractivity contribution in [2.45, 2.75) is 39.8 Å². The summed E-state index contributed by atoms with van der Waals surface area (Å²) in [6.45, 7) is 7.71. The molecular formula is C18H22N2O2. The molecule has 1 aromatic carbocycles. The second-order valence-corrected chi connectivity index (χ2v) is 5.47. The van der Waals surface area contributed by atoms with Gasteiger partial charge in [-0.2, -0.15) is 0 Å². The number of aryl methyl sites for hydroxylation is 1. The van der Waals surface area contributed by atoms with Gasteiger partial charge >= 0.3 is 0 Å². The van der Waals surface area contributed by atoms with Crippen molar-refractivity contribution in [3.8, 4) is 5.75 Å². The van der Waals surface area contributed by atoms with Gasteiger partial charge in [-0.25, -0.2) is 0 Å². The molecule has 0 saturated carbocycles. The summed E-state index contributed by atoms with van der Waals surface area (Å²) in [4.78, 5) is 16.3. The second-order valence-electron chi connectivity index (χ2n) is 5.47. The molecule has 0 aliphatic rings. The van der Waals surface area contributed by atoms with Gasteiger partial charge in [0.05, 0.1) is 6.04 Å². The lowest BCUT2D eigenvalue weighted by Gasteiger charge is -2.20. The lowest BCUT2D eigenvalue weighted by Crippen LogP contribution is -2.37. The second kappa shape index (κ2) is 7.07. The van der Waals surface area contributed by atoms with Gasteiger partial charge in [0, 0.05) is 12.4 Å². The fourth-order valence-electron chi connectivity index (χ4n) is 2.14. The quantitative estimate of drug-likeness (QED) is 0.921. The number of rotatable bonds is 5. The Hall–Kier alpha value is -2.36. The van der Waals surface area contributed by atoms with Crippen LogP contribution in [0.5, 0.6) is 5.75 Å². The SMILES string of the molecule is Cc1cccc(O[C@@H](C)C(=O)N[C@@H](C)c2cccnc2)c1C. The van der Waals surface area contributed by atoms with E-state index in [1.807, 2.05) is 51.1 Å². The van der Waals surface area contributed by atoms with E-state index < -0.39 is 6.10 Å². The molecule has 2 rings (SSSR count). The maximum absolute atomic E-state index is 12.3. The zero-order chi connectivity index (χ0) is 16.1. The Morgan fingerprint density at radius 3 is 2.64 bits per heavy atom. The lowest BCUT2D eigenvalue weighted by atomic mass is 10.1. The first-order valence-electron chi connectivity index (χ1n) is 7.42. The number of nitrogens with zero attached hydrogens (tertiary/aromatic N) is 1. The molecule has 1 aromatic heterocycles. The van der Waals surface area contributed by atoms with Gasteiger partial charge in [0.1, 0.15) is 5.75 Å². The topological polar surface area (TPSA) is 51.2 Å². The normalized spacial score (nSPS) is 13.3. The van der Waals surface area contributed by atoms with Gasteiger partial charge in [-0.05, 0) is 56.5 Å². The number of benzene rings is 1. The minimum Gasteiger partial charge on any atom is -0.481 e. The number of hydrogen-bond acceptors (Lipinski definition) is 3. The summed E-state index contributed by atoms with van der Waals surface area (Å²) in [5, 5.41) is 2.95. The average Bonchev–Trinajstić information content (AvgIpc) is 2.52. The van der Waals surface area contributed by atoms with Crippen molar-refractivity contribution < 1.29 is 9.53 Å². The first-order valence-corrected chi connectivity index (χ1v) is 7.42. The van der Waals surface area contributed by atoms with Crippen LogP contribution in [0.1, 0.15) is 36.6 Å². The van der Waals surface area contributed by atoms with Crippen molar-refractivity contribution in [3.05, 3.63) is 59.4 Å². The number of ether oxygens (including phenoxy) is 1. The Balaban J connectivity index is 1.99. The molecule has 0 saturated heterocycles. The summed E-state index contributed by atoms with van der Waals surface area (Å²) < 4.78 is 5.80. The maximum atomic E-state index is 12.3. The van der Waals surface area contributed by atoms with Crippen LogP contribution in [0.3, 0.4) is 0 Å². The number of carbonyl (C=O) groups is 1. The van der Waals surface area contributed by atoms with E-state index in [1.54, 1.807) is 19.3 Å². The van der Waals surface area contributed by atoms with Crippen LogP contribution in [-0.4, -0.2) is 17.0 Å². The Kier molecular flexibility index (Phi) is 5.15. The van der Waals surface area contributed by atoms with Gasteiger partial charge in [0.15, 0.2) is 6.10 Å². The van der Waals surface area contributed by atoms with E-state index >= 15 is 0 Å². The van der Waals surface area contributed by atoms with E-state index in [0.717, 1.165) is 22.4 Å². The molecule has 1 amide bonds. The standard InChI is InChI=1S/C18H22N2O2/c1-12-7-5-9-17(13(12)2)22-15(4)18(21)20-14(3)16-8-6-10-19-11-16/h5-11,14-15H,1-4H3,(H,20,21)/t14-,15-/m0/s1. The summed E-state index contributed by atoms with van der Waals surface area (Å²) in [5.41, 5.74) is 3.17. The van der Waals surface area contributed by atoms with Gasteiger partial charge in [0.25, 0.3) is 5.91 Å². The zero-order valence-corrected chi connectivity index (χ0v) is 13.5. The highest BCUT2D eigenvalue weighted by Gasteiger charge is 2.18. The number of amides is 1. The molecule has 0 bridgehead atoms. The molecule has 1 N–H and O–H groups in total. The van der Waals surface area contributed by atoms with Crippen LogP contribution in [0.25, 0.3) is 0 Å². The average molecular weight is 298 g/mol. The highest BCUT2D eigenvalue weighted by Crippen LogP contribution is 2.22. The molecule has 4 nitrogen and oxygen atoms in total. The molecule has 116 valence electrons. The molecule has 1 heterocycles. The predicted molar refractivity (Wildman–Crippen MR) is 86.8 cm³/mol. The highest BCUT2D eigenvalue weighted by atomic mass is 16.5. The monoisotopic (exact) mass is 298 g/mol. The number of pyridine rings is 1. The Morgan fingerprint density at radius 2 is 1.95 bits per heavy atom. The van der Waals surface area contributed by atoms with Gasteiger partial charge in [0.2, 0.25) is 0 Å². The summed E-state index contributed by atoms with van der Waals surface area (Å²) in [6, 6.07) is 9.53. The van der Waals surface area contributed by atoms with E-state index in [-0.39, 0.29) is 11.9 Å². The van der Waals surface area contributed by atoms with Gasteiger partial charge in [-0.3, -0.25) is 9.78 Å². The van der Waals surface area contributed by atoms with Crippen LogP contribution in [0.2, 0.25) is 0 Å². The van der Waals surface area contributed by atoms with E-state index in [0.29, 0.717) is 0 Å². The zero-order valence-electron chi connectivity index (χ0n) is 13.5. The largest absolute Gasteiger partial charge is 0.481 e. The molecule has 0 aliphatic heterocycles. The van der Waals surface area contributed by atoms with Gasteiger partial charge < -0.3 is 10.1 Å². The molecule has 2 aromatic rings. The summed E-state index contributed by atoms with van der Waals surface area (Å²) in [6.07, 6.45) is 2.91. The first kappa shape index (κ1) is 16.0. The van der Waals surface area contributed by atoms with Crippen LogP contribution >= 0.6 is 0 Å². The fourth-order valence-corrected chi connectivity index (χ4v) is 2.14. The number of carbonyl (C=O) groups excluding carboxylic acids is 1. The number of aromatic nitrogens is 1. The summed E-state index contributed by atoms with van der Waals surface area (Å²) in [7, 11) is 0. The van der Waals surface area contributed by atoms with Crippen LogP contribution < -0.4 is 10.1 Å².